The topological polar surface area (TPSA) is 84.2 Å². The van der Waals surface area contributed by atoms with Gasteiger partial charge in [-0.3, -0.25) is 9.59 Å². The van der Waals surface area contributed by atoms with Gasteiger partial charge in [-0.1, -0.05) is 26.8 Å². The largest absolute Gasteiger partial charge is 0.346 e. The van der Waals surface area contributed by atoms with Gasteiger partial charge in [0.15, 0.2) is 0 Å². The second-order valence-corrected chi connectivity index (χ2v) is 7.71. The van der Waals surface area contributed by atoms with Crippen LogP contribution < -0.4 is 16.4 Å². The maximum atomic E-state index is 12.6. The number of hydrogen-bond donors (Lipinski definition) is 3. The summed E-state index contributed by atoms with van der Waals surface area (Å²) in [6.07, 6.45) is 1.75. The number of nitrogens with two attached hydrogens (primary N) is 1. The van der Waals surface area contributed by atoms with Gasteiger partial charge in [-0.2, -0.15) is 0 Å². The van der Waals surface area contributed by atoms with E-state index in [-0.39, 0.29) is 17.7 Å². The van der Waals surface area contributed by atoms with Crippen molar-refractivity contribution in [1.29, 1.82) is 0 Å². The molecule has 5 nitrogen and oxygen atoms in total. The second kappa shape index (κ2) is 7.34. The molecule has 2 amide bonds. The van der Waals surface area contributed by atoms with Crippen LogP contribution in [0.25, 0.3) is 0 Å². The zero-order chi connectivity index (χ0) is 17.9. The van der Waals surface area contributed by atoms with Crippen molar-refractivity contribution < 1.29 is 9.59 Å². The van der Waals surface area contributed by atoms with Crippen LogP contribution in [0.4, 0.5) is 5.69 Å². The van der Waals surface area contributed by atoms with Crippen molar-refractivity contribution in [2.24, 2.45) is 23.5 Å². The van der Waals surface area contributed by atoms with Crippen LogP contribution in [0.15, 0.2) is 24.3 Å². The Bertz CT molecular complexity index is 614. The van der Waals surface area contributed by atoms with Gasteiger partial charge >= 0.3 is 0 Å². The Morgan fingerprint density at radius 1 is 1.38 bits per heavy atom. The zero-order valence-electron chi connectivity index (χ0n) is 15.1. The molecule has 132 valence electrons. The molecule has 0 aromatic heterocycles. The van der Waals surface area contributed by atoms with Gasteiger partial charge in [0, 0.05) is 29.3 Å². The summed E-state index contributed by atoms with van der Waals surface area (Å²) in [5.74, 6) is 0.864. The van der Waals surface area contributed by atoms with E-state index in [4.69, 9.17) is 5.73 Å². The Morgan fingerprint density at radius 2 is 2.04 bits per heavy atom. The van der Waals surface area contributed by atoms with E-state index >= 15 is 0 Å². The van der Waals surface area contributed by atoms with Gasteiger partial charge in [0.25, 0.3) is 5.91 Å². The van der Waals surface area contributed by atoms with Crippen LogP contribution in [0.3, 0.4) is 0 Å². The molecule has 5 heteroatoms. The van der Waals surface area contributed by atoms with E-state index in [2.05, 4.69) is 31.4 Å². The Hall–Kier alpha value is -1.88. The normalized spacial score (nSPS) is 21.9. The molecule has 1 aromatic rings. The van der Waals surface area contributed by atoms with Crippen molar-refractivity contribution >= 4 is 17.5 Å². The highest BCUT2D eigenvalue weighted by Gasteiger charge is 2.39. The van der Waals surface area contributed by atoms with Gasteiger partial charge in [-0.25, -0.2) is 0 Å². The second-order valence-electron chi connectivity index (χ2n) is 7.71. The third-order valence-corrected chi connectivity index (χ3v) is 4.56. The third-order valence-electron chi connectivity index (χ3n) is 4.56. The first-order chi connectivity index (χ1) is 11.2. The number of rotatable bonds is 7. The van der Waals surface area contributed by atoms with Crippen LogP contribution >= 0.6 is 0 Å². The molecule has 1 saturated carbocycles. The van der Waals surface area contributed by atoms with E-state index < -0.39 is 5.54 Å². The molecule has 0 radical (unpaired) electrons. The number of hydrogen-bond acceptors (Lipinski definition) is 3. The Balaban J connectivity index is 2.04. The number of benzene rings is 1. The molecule has 0 aliphatic heterocycles. The summed E-state index contributed by atoms with van der Waals surface area (Å²) in [5, 5.41) is 5.93. The van der Waals surface area contributed by atoms with Crippen LogP contribution in [0.2, 0.25) is 0 Å². The molecule has 4 N–H and O–H groups in total. The van der Waals surface area contributed by atoms with Crippen LogP contribution in [0.1, 0.15) is 50.9 Å². The van der Waals surface area contributed by atoms with Gasteiger partial charge in [-0.05, 0) is 49.8 Å². The summed E-state index contributed by atoms with van der Waals surface area (Å²) in [6, 6.07) is 7.05. The highest BCUT2D eigenvalue weighted by molar-refractivity contribution is 5.98. The maximum absolute atomic E-state index is 12.6. The van der Waals surface area contributed by atoms with E-state index in [0.29, 0.717) is 29.6 Å². The number of nitrogens with one attached hydrogen (secondary N) is 2. The first kappa shape index (κ1) is 18.5. The molecule has 0 saturated heterocycles. The standard InChI is InChI=1S/C19H29N3O2/c1-12(2)10-19(4,11-20)22-17(23)14-6-5-7-15(9-14)21-18(24)16-8-13(16)3/h5-7,9,12-13,16H,8,10-11,20H2,1-4H3,(H,21,24)(H,22,23). The predicted molar refractivity (Wildman–Crippen MR) is 96.7 cm³/mol. The highest BCUT2D eigenvalue weighted by Crippen LogP contribution is 2.38. The molecule has 1 aliphatic rings. The minimum Gasteiger partial charge on any atom is -0.346 e. The molecule has 1 fully saturated rings. The van der Waals surface area contributed by atoms with E-state index in [0.717, 1.165) is 12.8 Å². The lowest BCUT2D eigenvalue weighted by Gasteiger charge is -2.31. The van der Waals surface area contributed by atoms with Gasteiger partial charge < -0.3 is 16.4 Å². The fraction of sp³-hybridized carbons (Fsp3) is 0.579. The van der Waals surface area contributed by atoms with E-state index in [1.807, 2.05) is 6.92 Å². The molecule has 24 heavy (non-hydrogen) atoms. The van der Waals surface area contributed by atoms with Crippen molar-refractivity contribution in [3.8, 4) is 0 Å². The SMILES string of the molecule is CC(C)CC(C)(CN)NC(=O)c1cccc(NC(=O)C2CC2C)c1. The highest BCUT2D eigenvalue weighted by atomic mass is 16.2. The number of amides is 2. The first-order valence-electron chi connectivity index (χ1n) is 8.67. The lowest BCUT2D eigenvalue weighted by molar-refractivity contribution is -0.117. The average molecular weight is 331 g/mol. The van der Waals surface area contributed by atoms with Gasteiger partial charge in [0.05, 0.1) is 0 Å². The summed E-state index contributed by atoms with van der Waals surface area (Å²) in [7, 11) is 0. The smallest absolute Gasteiger partial charge is 0.251 e. The van der Waals surface area contributed by atoms with E-state index in [9.17, 15) is 9.59 Å². The molecule has 3 atom stereocenters. The maximum Gasteiger partial charge on any atom is 0.251 e. The zero-order valence-corrected chi connectivity index (χ0v) is 15.1. The minimum atomic E-state index is -0.437. The summed E-state index contributed by atoms with van der Waals surface area (Å²) in [4.78, 5) is 24.6. The van der Waals surface area contributed by atoms with Crippen molar-refractivity contribution in [3.05, 3.63) is 29.8 Å². The molecular formula is C19H29N3O2. The van der Waals surface area contributed by atoms with Crippen LogP contribution in [0, 0.1) is 17.8 Å². The first-order valence-corrected chi connectivity index (χ1v) is 8.67. The van der Waals surface area contributed by atoms with E-state index in [1.54, 1.807) is 24.3 Å². The van der Waals surface area contributed by atoms with Gasteiger partial charge in [-0.15, -0.1) is 0 Å². The molecule has 2 rings (SSSR count). The monoisotopic (exact) mass is 331 g/mol. The average Bonchev–Trinajstić information content (AvgIpc) is 3.24. The molecule has 0 heterocycles. The van der Waals surface area contributed by atoms with Crippen molar-refractivity contribution in [1.82, 2.24) is 5.32 Å². The molecule has 1 aliphatic carbocycles. The summed E-state index contributed by atoms with van der Waals surface area (Å²) < 4.78 is 0. The molecule has 1 aromatic carbocycles. The van der Waals surface area contributed by atoms with Gasteiger partial charge in [0.1, 0.15) is 0 Å². The Morgan fingerprint density at radius 3 is 2.58 bits per heavy atom. The number of carbonyl (C=O) groups is 2. The molecule has 3 unspecified atom stereocenters. The predicted octanol–water partition coefficient (Wildman–Crippen LogP) is 2.77. The number of anilines is 1. The van der Waals surface area contributed by atoms with Crippen molar-refractivity contribution in [3.63, 3.8) is 0 Å². The molecular weight excluding hydrogens is 302 g/mol. The van der Waals surface area contributed by atoms with Crippen LogP contribution in [0.5, 0.6) is 0 Å². The third kappa shape index (κ3) is 4.81. The fourth-order valence-electron chi connectivity index (χ4n) is 3.09. The summed E-state index contributed by atoms with van der Waals surface area (Å²) >= 11 is 0. The minimum absolute atomic E-state index is 0.0339. The molecule has 0 bridgehead atoms. The van der Waals surface area contributed by atoms with Gasteiger partial charge in [0.2, 0.25) is 5.91 Å². The van der Waals surface area contributed by atoms with Crippen LogP contribution in [-0.2, 0) is 4.79 Å². The van der Waals surface area contributed by atoms with E-state index in [1.165, 1.54) is 0 Å². The Labute approximate surface area is 144 Å². The van der Waals surface area contributed by atoms with Crippen LogP contribution in [-0.4, -0.2) is 23.9 Å². The van der Waals surface area contributed by atoms with Crippen molar-refractivity contribution in [2.45, 2.75) is 46.1 Å². The molecule has 0 spiro atoms. The Kier molecular flexibility index (Phi) is 5.65. The number of carbonyl (C=O) groups excluding carboxylic acids is 2. The van der Waals surface area contributed by atoms with Crippen molar-refractivity contribution in [2.75, 3.05) is 11.9 Å². The quantitative estimate of drug-likeness (QED) is 0.718. The summed E-state index contributed by atoms with van der Waals surface area (Å²) in [6.45, 7) is 8.62. The fourth-order valence-corrected chi connectivity index (χ4v) is 3.09. The summed E-state index contributed by atoms with van der Waals surface area (Å²) in [5.41, 5.74) is 6.61. The lowest BCUT2D eigenvalue weighted by Crippen LogP contribution is -2.52. The lowest BCUT2D eigenvalue weighted by atomic mass is 9.90.